The quantitative estimate of drug-likeness (QED) is 0.668. The minimum absolute atomic E-state index is 0.185. The maximum absolute atomic E-state index is 13.1. The molecule has 29 heavy (non-hydrogen) atoms. The molecular formula is C25H23NO3. The van der Waals surface area contributed by atoms with Crippen molar-refractivity contribution in [3.8, 4) is 5.75 Å². The molecule has 0 aliphatic carbocycles. The van der Waals surface area contributed by atoms with Crippen molar-refractivity contribution in [2.75, 3.05) is 7.11 Å². The van der Waals surface area contributed by atoms with E-state index in [9.17, 15) is 9.90 Å². The molecule has 1 amide bonds. The second-order valence-electron chi connectivity index (χ2n) is 7.22. The molecular weight excluding hydrogens is 362 g/mol. The highest BCUT2D eigenvalue weighted by molar-refractivity contribution is 6.05. The summed E-state index contributed by atoms with van der Waals surface area (Å²) in [5, 5.41) is 10.8. The molecule has 1 aliphatic heterocycles. The van der Waals surface area contributed by atoms with Crippen LogP contribution in [0.1, 0.15) is 28.3 Å². The van der Waals surface area contributed by atoms with Crippen LogP contribution in [-0.4, -0.2) is 23.0 Å². The molecule has 1 aliphatic rings. The Kier molecular flexibility index (Phi) is 5.09. The molecule has 146 valence electrons. The maximum Gasteiger partial charge on any atom is 0.290 e. The lowest BCUT2D eigenvalue weighted by atomic mass is 9.93. The van der Waals surface area contributed by atoms with Crippen LogP contribution in [0.15, 0.2) is 84.6 Å². The number of methoxy groups -OCH3 is 1. The molecule has 0 saturated heterocycles. The lowest BCUT2D eigenvalue weighted by Crippen LogP contribution is -2.29. The Labute approximate surface area is 170 Å². The van der Waals surface area contributed by atoms with Gasteiger partial charge in [0.2, 0.25) is 0 Å². The van der Waals surface area contributed by atoms with Gasteiger partial charge in [-0.3, -0.25) is 4.79 Å². The van der Waals surface area contributed by atoms with E-state index in [4.69, 9.17) is 4.74 Å². The second kappa shape index (κ2) is 7.84. The third kappa shape index (κ3) is 3.61. The summed E-state index contributed by atoms with van der Waals surface area (Å²) in [6, 6.07) is 25.0. The van der Waals surface area contributed by atoms with Crippen molar-refractivity contribution in [3.63, 3.8) is 0 Å². The van der Waals surface area contributed by atoms with E-state index in [1.165, 1.54) is 0 Å². The van der Waals surface area contributed by atoms with Gasteiger partial charge in [-0.15, -0.1) is 0 Å². The highest BCUT2D eigenvalue weighted by atomic mass is 16.5. The molecule has 0 unspecified atom stereocenters. The number of hydrogen-bond donors (Lipinski definition) is 1. The van der Waals surface area contributed by atoms with Gasteiger partial charge in [0.25, 0.3) is 5.91 Å². The van der Waals surface area contributed by atoms with Gasteiger partial charge in [0.05, 0.1) is 13.2 Å². The van der Waals surface area contributed by atoms with Crippen LogP contribution in [0.2, 0.25) is 0 Å². The van der Waals surface area contributed by atoms with Gasteiger partial charge in [-0.1, -0.05) is 72.3 Å². The van der Waals surface area contributed by atoms with E-state index >= 15 is 0 Å². The van der Waals surface area contributed by atoms with Gasteiger partial charge < -0.3 is 14.7 Å². The number of aliphatic hydroxyl groups excluding tert-OH is 1. The summed E-state index contributed by atoms with van der Waals surface area (Å²) >= 11 is 0. The number of ether oxygens (including phenoxy) is 1. The summed E-state index contributed by atoms with van der Waals surface area (Å²) in [6.07, 6.45) is 0. The molecule has 1 atom stereocenters. The maximum atomic E-state index is 13.1. The van der Waals surface area contributed by atoms with Crippen LogP contribution in [0.4, 0.5) is 0 Å². The number of carbonyl (C=O) groups excluding carboxylic acids is 1. The Morgan fingerprint density at radius 1 is 0.931 bits per heavy atom. The summed E-state index contributed by atoms with van der Waals surface area (Å²) in [5.74, 6) is 0.225. The molecule has 1 heterocycles. The molecule has 3 aromatic carbocycles. The third-order valence-electron chi connectivity index (χ3n) is 5.29. The first-order valence-electron chi connectivity index (χ1n) is 9.57. The predicted octanol–water partition coefficient (Wildman–Crippen LogP) is 5.06. The van der Waals surface area contributed by atoms with Crippen LogP contribution < -0.4 is 4.74 Å². The fourth-order valence-corrected chi connectivity index (χ4v) is 3.75. The summed E-state index contributed by atoms with van der Waals surface area (Å²) in [6.45, 7) is 2.42. The third-order valence-corrected chi connectivity index (χ3v) is 5.29. The van der Waals surface area contributed by atoms with Crippen molar-refractivity contribution in [2.24, 2.45) is 0 Å². The van der Waals surface area contributed by atoms with E-state index in [1.54, 1.807) is 12.0 Å². The minimum atomic E-state index is -0.356. The highest BCUT2D eigenvalue weighted by Gasteiger charge is 2.40. The zero-order valence-electron chi connectivity index (χ0n) is 16.5. The minimum Gasteiger partial charge on any atom is -0.503 e. The molecule has 1 N–H and O–H groups in total. The average molecular weight is 385 g/mol. The number of nitrogens with zero attached hydrogens (tertiary/aromatic N) is 1. The molecule has 0 bridgehead atoms. The van der Waals surface area contributed by atoms with E-state index < -0.39 is 0 Å². The molecule has 0 saturated carbocycles. The van der Waals surface area contributed by atoms with Crippen LogP contribution in [0.5, 0.6) is 5.75 Å². The SMILES string of the molecule is COc1ccc(CN2C(=O)C(O)=C(c3ccccc3)[C@H]2c2ccc(C)cc2)cc1. The first-order chi connectivity index (χ1) is 14.1. The van der Waals surface area contributed by atoms with Gasteiger partial charge in [0.1, 0.15) is 5.75 Å². The van der Waals surface area contributed by atoms with E-state index in [1.807, 2.05) is 85.8 Å². The van der Waals surface area contributed by atoms with Gasteiger partial charge in [0.15, 0.2) is 5.76 Å². The Hall–Kier alpha value is -3.53. The average Bonchev–Trinajstić information content (AvgIpc) is 3.00. The Bertz CT molecular complexity index is 1040. The largest absolute Gasteiger partial charge is 0.503 e. The lowest BCUT2D eigenvalue weighted by Gasteiger charge is -2.27. The van der Waals surface area contributed by atoms with Crippen LogP contribution in [-0.2, 0) is 11.3 Å². The van der Waals surface area contributed by atoms with Crippen molar-refractivity contribution in [1.29, 1.82) is 0 Å². The monoisotopic (exact) mass is 385 g/mol. The fourth-order valence-electron chi connectivity index (χ4n) is 3.75. The van der Waals surface area contributed by atoms with Gasteiger partial charge in [-0.25, -0.2) is 0 Å². The van der Waals surface area contributed by atoms with E-state index in [0.717, 1.165) is 28.0 Å². The van der Waals surface area contributed by atoms with Crippen LogP contribution >= 0.6 is 0 Å². The van der Waals surface area contributed by atoms with Gasteiger partial charge >= 0.3 is 0 Å². The van der Waals surface area contributed by atoms with Crippen molar-refractivity contribution >= 4 is 11.5 Å². The summed E-state index contributed by atoms with van der Waals surface area (Å²) in [7, 11) is 1.63. The number of aliphatic hydroxyl groups is 1. The smallest absolute Gasteiger partial charge is 0.290 e. The van der Waals surface area contributed by atoms with Crippen LogP contribution in [0.25, 0.3) is 5.57 Å². The Morgan fingerprint density at radius 3 is 2.21 bits per heavy atom. The summed E-state index contributed by atoms with van der Waals surface area (Å²) in [5.41, 5.74) is 4.59. The van der Waals surface area contributed by atoms with E-state index in [2.05, 4.69) is 0 Å². The van der Waals surface area contributed by atoms with Crippen LogP contribution in [0.3, 0.4) is 0 Å². The normalized spacial score (nSPS) is 16.4. The fraction of sp³-hybridized carbons (Fsp3) is 0.160. The molecule has 0 radical (unpaired) electrons. The molecule has 0 fully saturated rings. The lowest BCUT2D eigenvalue weighted by molar-refractivity contribution is -0.130. The van der Waals surface area contributed by atoms with Crippen molar-refractivity contribution in [3.05, 3.63) is 107 Å². The van der Waals surface area contributed by atoms with Crippen molar-refractivity contribution < 1.29 is 14.6 Å². The number of carbonyl (C=O) groups is 1. The predicted molar refractivity (Wildman–Crippen MR) is 113 cm³/mol. The summed E-state index contributed by atoms with van der Waals surface area (Å²) < 4.78 is 5.23. The van der Waals surface area contributed by atoms with Crippen molar-refractivity contribution in [1.82, 2.24) is 4.90 Å². The standard InChI is InChI=1S/C25H23NO3/c1-17-8-12-20(13-9-17)23-22(19-6-4-3-5-7-19)24(27)25(28)26(23)16-18-10-14-21(29-2)15-11-18/h3-15,23,27H,16H2,1-2H3/t23-/m1/s1. The topological polar surface area (TPSA) is 49.8 Å². The first-order valence-corrected chi connectivity index (χ1v) is 9.57. The molecule has 4 heteroatoms. The number of hydrogen-bond acceptors (Lipinski definition) is 3. The van der Waals surface area contributed by atoms with Crippen molar-refractivity contribution in [2.45, 2.75) is 19.5 Å². The zero-order chi connectivity index (χ0) is 20.4. The molecule has 0 aromatic heterocycles. The Balaban J connectivity index is 1.77. The van der Waals surface area contributed by atoms with Crippen LogP contribution in [0, 0.1) is 6.92 Å². The molecule has 4 rings (SSSR count). The highest BCUT2D eigenvalue weighted by Crippen LogP contribution is 2.43. The number of benzene rings is 3. The molecule has 4 nitrogen and oxygen atoms in total. The van der Waals surface area contributed by atoms with Gasteiger partial charge in [-0.05, 0) is 35.7 Å². The molecule has 3 aromatic rings. The van der Waals surface area contributed by atoms with Gasteiger partial charge in [0, 0.05) is 12.1 Å². The van der Waals surface area contributed by atoms with E-state index in [-0.39, 0.29) is 17.7 Å². The second-order valence-corrected chi connectivity index (χ2v) is 7.22. The summed E-state index contributed by atoms with van der Waals surface area (Å²) in [4.78, 5) is 14.8. The number of rotatable bonds is 5. The number of amides is 1. The van der Waals surface area contributed by atoms with Gasteiger partial charge in [-0.2, -0.15) is 0 Å². The number of aryl methyl sites for hydroxylation is 1. The molecule has 0 spiro atoms. The zero-order valence-corrected chi connectivity index (χ0v) is 16.5. The van der Waals surface area contributed by atoms with E-state index in [0.29, 0.717) is 12.1 Å². The first kappa shape index (κ1) is 18.8. The Morgan fingerprint density at radius 2 is 1.59 bits per heavy atom.